The first-order chi connectivity index (χ1) is 11.7. The molecule has 2 aromatic rings. The predicted molar refractivity (Wildman–Crippen MR) is 88.7 cm³/mol. The van der Waals surface area contributed by atoms with E-state index in [9.17, 15) is 18.0 Å². The minimum Gasteiger partial charge on any atom is -0.367 e. The van der Waals surface area contributed by atoms with E-state index in [4.69, 9.17) is 0 Å². The summed E-state index contributed by atoms with van der Waals surface area (Å²) in [5, 5.41) is 2.71. The number of carbonyl (C=O) groups excluding carboxylic acids is 1. The quantitative estimate of drug-likeness (QED) is 0.864. The van der Waals surface area contributed by atoms with E-state index in [0.717, 1.165) is 5.82 Å². The summed E-state index contributed by atoms with van der Waals surface area (Å²) in [5.74, 6) is 0.434. The molecule has 0 saturated heterocycles. The van der Waals surface area contributed by atoms with Crippen molar-refractivity contribution < 1.29 is 22.7 Å². The number of hydrogen-bond acceptors (Lipinski definition) is 4. The second kappa shape index (κ2) is 7.98. The fourth-order valence-corrected chi connectivity index (χ4v) is 1.96. The molecule has 8 heteroatoms. The summed E-state index contributed by atoms with van der Waals surface area (Å²) in [6, 6.07) is 9.68. The largest absolute Gasteiger partial charge is 0.411 e. The number of benzene rings is 1. The monoisotopic (exact) mass is 353 g/mol. The van der Waals surface area contributed by atoms with E-state index < -0.39 is 12.8 Å². The van der Waals surface area contributed by atoms with Crippen LogP contribution in [0.2, 0.25) is 0 Å². The molecule has 0 bridgehead atoms. The van der Waals surface area contributed by atoms with Crippen LogP contribution in [0, 0.1) is 0 Å². The van der Waals surface area contributed by atoms with Crippen molar-refractivity contribution in [1.29, 1.82) is 0 Å². The van der Waals surface area contributed by atoms with Crippen LogP contribution in [-0.2, 0) is 11.3 Å². The Kier molecular flexibility index (Phi) is 5.97. The zero-order valence-corrected chi connectivity index (χ0v) is 13.8. The fraction of sp³-hybridized carbons (Fsp3) is 0.294. The van der Waals surface area contributed by atoms with Gasteiger partial charge in [0.2, 0.25) is 0 Å². The highest BCUT2D eigenvalue weighted by Crippen LogP contribution is 2.16. The molecule has 1 aromatic heterocycles. The topological polar surface area (TPSA) is 54.5 Å². The van der Waals surface area contributed by atoms with Crippen molar-refractivity contribution in [3.05, 3.63) is 53.7 Å². The van der Waals surface area contributed by atoms with Gasteiger partial charge in [0.15, 0.2) is 0 Å². The Balaban J connectivity index is 1.91. The maximum atomic E-state index is 12.2. The fourth-order valence-electron chi connectivity index (χ4n) is 1.96. The Morgan fingerprint density at radius 3 is 2.36 bits per heavy atom. The van der Waals surface area contributed by atoms with Gasteiger partial charge in [-0.15, -0.1) is 0 Å². The Morgan fingerprint density at radius 1 is 1.16 bits per heavy atom. The van der Waals surface area contributed by atoms with Gasteiger partial charge in [-0.1, -0.05) is 12.1 Å². The van der Waals surface area contributed by atoms with Crippen molar-refractivity contribution >= 4 is 17.4 Å². The summed E-state index contributed by atoms with van der Waals surface area (Å²) < 4.78 is 40.6. The average Bonchev–Trinajstić information content (AvgIpc) is 2.54. The molecule has 25 heavy (non-hydrogen) atoms. The molecule has 0 aliphatic carbocycles. The number of aromatic nitrogens is 1. The summed E-state index contributed by atoms with van der Waals surface area (Å²) in [6.07, 6.45) is -2.80. The highest BCUT2D eigenvalue weighted by molar-refractivity contribution is 6.04. The standard InChI is InChI=1S/C17H18F3N3O2/c1-23(2)15-8-7-14(9-21-15)22-16(24)13-5-3-12(4-6-13)10-25-11-17(18,19)20/h3-9H,10-11H2,1-2H3,(H,22,24). The van der Waals surface area contributed by atoms with Gasteiger partial charge in [-0.3, -0.25) is 4.79 Å². The van der Waals surface area contributed by atoms with Crippen LogP contribution in [-0.4, -0.2) is 37.8 Å². The van der Waals surface area contributed by atoms with Crippen LogP contribution in [0.5, 0.6) is 0 Å². The van der Waals surface area contributed by atoms with Crippen LogP contribution in [0.4, 0.5) is 24.7 Å². The Labute approximate surface area is 143 Å². The molecule has 2 rings (SSSR count). The van der Waals surface area contributed by atoms with E-state index in [0.29, 0.717) is 16.8 Å². The lowest BCUT2D eigenvalue weighted by molar-refractivity contribution is -0.176. The number of amides is 1. The maximum absolute atomic E-state index is 12.2. The number of ether oxygens (including phenoxy) is 1. The van der Waals surface area contributed by atoms with Crippen LogP contribution < -0.4 is 10.2 Å². The number of carbonyl (C=O) groups is 1. The third kappa shape index (κ3) is 6.07. The van der Waals surface area contributed by atoms with E-state index in [2.05, 4.69) is 15.0 Å². The zero-order valence-electron chi connectivity index (χ0n) is 13.8. The van der Waals surface area contributed by atoms with Gasteiger partial charge in [0.05, 0.1) is 18.5 Å². The molecule has 1 aromatic carbocycles. The molecule has 0 aliphatic rings. The van der Waals surface area contributed by atoms with E-state index in [1.165, 1.54) is 12.1 Å². The molecular weight excluding hydrogens is 335 g/mol. The van der Waals surface area contributed by atoms with Gasteiger partial charge >= 0.3 is 6.18 Å². The smallest absolute Gasteiger partial charge is 0.367 e. The number of pyridine rings is 1. The molecular formula is C17H18F3N3O2. The van der Waals surface area contributed by atoms with Crippen molar-refractivity contribution in [3.63, 3.8) is 0 Å². The highest BCUT2D eigenvalue weighted by Gasteiger charge is 2.27. The first-order valence-corrected chi connectivity index (χ1v) is 7.43. The molecule has 134 valence electrons. The number of halogens is 3. The minimum absolute atomic E-state index is 0.169. The predicted octanol–water partition coefficient (Wildman–Crippen LogP) is 3.48. The molecule has 0 aliphatic heterocycles. The normalized spacial score (nSPS) is 11.2. The Bertz CT molecular complexity index is 699. The van der Waals surface area contributed by atoms with Crippen molar-refractivity contribution in [1.82, 2.24) is 4.98 Å². The van der Waals surface area contributed by atoms with Crippen molar-refractivity contribution in [2.75, 3.05) is 30.9 Å². The first-order valence-electron chi connectivity index (χ1n) is 7.43. The summed E-state index contributed by atoms with van der Waals surface area (Å²) in [6.45, 7) is -1.47. The number of anilines is 2. The summed E-state index contributed by atoms with van der Waals surface area (Å²) in [4.78, 5) is 18.2. The zero-order chi connectivity index (χ0) is 18.4. The van der Waals surface area contributed by atoms with Gasteiger partial charge in [-0.25, -0.2) is 4.98 Å². The molecule has 0 saturated carbocycles. The second-order valence-corrected chi connectivity index (χ2v) is 5.56. The van der Waals surface area contributed by atoms with Gasteiger partial charge in [-0.2, -0.15) is 13.2 Å². The average molecular weight is 353 g/mol. The summed E-state index contributed by atoms with van der Waals surface area (Å²) >= 11 is 0. The molecule has 1 heterocycles. The number of nitrogens with zero attached hydrogens (tertiary/aromatic N) is 2. The van der Waals surface area contributed by atoms with Crippen LogP contribution in [0.3, 0.4) is 0 Å². The molecule has 1 N–H and O–H groups in total. The van der Waals surface area contributed by atoms with Crippen molar-refractivity contribution in [2.24, 2.45) is 0 Å². The summed E-state index contributed by atoms with van der Waals surface area (Å²) in [5.41, 5.74) is 1.49. The molecule has 0 unspecified atom stereocenters. The van der Waals surface area contributed by atoms with E-state index in [1.54, 1.807) is 30.5 Å². The molecule has 0 radical (unpaired) electrons. The SMILES string of the molecule is CN(C)c1ccc(NC(=O)c2ccc(COCC(F)(F)F)cc2)cn1. The van der Waals surface area contributed by atoms with Crippen molar-refractivity contribution in [3.8, 4) is 0 Å². The van der Waals surface area contributed by atoms with Crippen LogP contribution in [0.1, 0.15) is 15.9 Å². The number of hydrogen-bond donors (Lipinski definition) is 1. The van der Waals surface area contributed by atoms with Gasteiger partial charge in [0.25, 0.3) is 5.91 Å². The molecule has 1 amide bonds. The van der Waals surface area contributed by atoms with Crippen LogP contribution in [0.25, 0.3) is 0 Å². The minimum atomic E-state index is -4.35. The first kappa shape index (κ1) is 18.7. The second-order valence-electron chi connectivity index (χ2n) is 5.56. The van der Waals surface area contributed by atoms with Crippen LogP contribution >= 0.6 is 0 Å². The number of rotatable bonds is 6. The third-order valence-corrected chi connectivity index (χ3v) is 3.21. The Hall–Kier alpha value is -2.61. The molecule has 0 fully saturated rings. The summed E-state index contributed by atoms with van der Waals surface area (Å²) in [7, 11) is 3.72. The maximum Gasteiger partial charge on any atom is 0.411 e. The molecule has 5 nitrogen and oxygen atoms in total. The third-order valence-electron chi connectivity index (χ3n) is 3.21. The van der Waals surface area contributed by atoms with E-state index in [-0.39, 0.29) is 12.5 Å². The lowest BCUT2D eigenvalue weighted by Crippen LogP contribution is -2.16. The van der Waals surface area contributed by atoms with Crippen molar-refractivity contribution in [2.45, 2.75) is 12.8 Å². The van der Waals surface area contributed by atoms with Gasteiger partial charge < -0.3 is 15.0 Å². The molecule has 0 spiro atoms. The van der Waals surface area contributed by atoms with Gasteiger partial charge in [0.1, 0.15) is 12.4 Å². The van der Waals surface area contributed by atoms with Gasteiger partial charge in [0, 0.05) is 19.7 Å². The van der Waals surface area contributed by atoms with E-state index >= 15 is 0 Å². The lowest BCUT2D eigenvalue weighted by Gasteiger charge is -2.12. The highest BCUT2D eigenvalue weighted by atomic mass is 19.4. The van der Waals surface area contributed by atoms with Crippen LogP contribution in [0.15, 0.2) is 42.6 Å². The number of nitrogens with one attached hydrogen (secondary N) is 1. The lowest BCUT2D eigenvalue weighted by atomic mass is 10.1. The number of alkyl halides is 3. The van der Waals surface area contributed by atoms with E-state index in [1.807, 2.05) is 19.0 Å². The molecule has 0 atom stereocenters. The van der Waals surface area contributed by atoms with Gasteiger partial charge in [-0.05, 0) is 29.8 Å². The Morgan fingerprint density at radius 2 is 1.84 bits per heavy atom.